The molecule has 0 spiro atoms. The van der Waals surface area contributed by atoms with Crippen LogP contribution in [0.1, 0.15) is 31.9 Å². The van der Waals surface area contributed by atoms with Crippen molar-refractivity contribution in [2.24, 2.45) is 0 Å². The first-order valence-corrected chi connectivity index (χ1v) is 10.2. The second-order valence-electron chi connectivity index (χ2n) is 7.41. The van der Waals surface area contributed by atoms with Crippen LogP contribution in [0.4, 0.5) is 0 Å². The Balaban J connectivity index is 2.16. The molecule has 2 rings (SSSR count). The maximum Gasteiger partial charge on any atom is 0.261 e. The van der Waals surface area contributed by atoms with E-state index in [1.165, 1.54) is 4.90 Å². The van der Waals surface area contributed by atoms with Gasteiger partial charge in [-0.25, -0.2) is 0 Å². The second kappa shape index (κ2) is 10.9. The molecule has 0 aliphatic rings. The van der Waals surface area contributed by atoms with Crippen LogP contribution < -0.4 is 14.8 Å². The van der Waals surface area contributed by atoms with E-state index in [0.29, 0.717) is 10.8 Å². The molecule has 162 valence electrons. The Morgan fingerprint density at radius 3 is 2.27 bits per heavy atom. The summed E-state index contributed by atoms with van der Waals surface area (Å²) in [7, 11) is 1.60. The third kappa shape index (κ3) is 6.66. The Kier molecular flexibility index (Phi) is 8.54. The summed E-state index contributed by atoms with van der Waals surface area (Å²) in [4.78, 5) is 27.1. The average molecular weight is 433 g/mol. The predicted molar refractivity (Wildman–Crippen MR) is 118 cm³/mol. The van der Waals surface area contributed by atoms with Gasteiger partial charge in [-0.3, -0.25) is 9.59 Å². The minimum atomic E-state index is -0.655. The summed E-state index contributed by atoms with van der Waals surface area (Å²) in [6.45, 7) is 7.43. The monoisotopic (exact) mass is 432 g/mol. The van der Waals surface area contributed by atoms with E-state index in [4.69, 9.17) is 21.1 Å². The smallest absolute Gasteiger partial charge is 0.261 e. The zero-order valence-corrected chi connectivity index (χ0v) is 18.8. The summed E-state index contributed by atoms with van der Waals surface area (Å²) in [5, 5.41) is 3.49. The van der Waals surface area contributed by atoms with Crippen LogP contribution in [-0.4, -0.2) is 42.5 Å². The number of hydrogen-bond acceptors (Lipinski definition) is 4. The van der Waals surface area contributed by atoms with Crippen molar-refractivity contribution in [1.82, 2.24) is 10.2 Å². The Morgan fingerprint density at radius 2 is 1.70 bits per heavy atom. The zero-order valence-electron chi connectivity index (χ0n) is 18.1. The molecule has 0 saturated heterocycles. The summed E-state index contributed by atoms with van der Waals surface area (Å²) < 4.78 is 10.9. The number of methoxy groups -OCH3 is 1. The van der Waals surface area contributed by atoms with E-state index in [2.05, 4.69) is 5.32 Å². The largest absolute Gasteiger partial charge is 0.497 e. The van der Waals surface area contributed by atoms with Crippen molar-refractivity contribution < 1.29 is 19.1 Å². The van der Waals surface area contributed by atoms with Gasteiger partial charge in [0.25, 0.3) is 5.91 Å². The van der Waals surface area contributed by atoms with Gasteiger partial charge in [-0.15, -0.1) is 0 Å². The Hall–Kier alpha value is -2.73. The highest BCUT2D eigenvalue weighted by atomic mass is 35.5. The molecule has 1 N–H and O–H groups in total. The maximum absolute atomic E-state index is 13.0. The highest BCUT2D eigenvalue weighted by Crippen LogP contribution is 2.21. The fraction of sp³-hybridized carbons (Fsp3) is 0.391. The molecule has 2 aromatic carbocycles. The molecule has 0 aromatic heterocycles. The normalized spacial score (nSPS) is 11.7. The van der Waals surface area contributed by atoms with Gasteiger partial charge < -0.3 is 19.7 Å². The molecular formula is C23H29ClN2O4. The van der Waals surface area contributed by atoms with Gasteiger partial charge in [-0.1, -0.05) is 23.7 Å². The van der Waals surface area contributed by atoms with Crippen LogP contribution in [-0.2, 0) is 16.1 Å². The Morgan fingerprint density at radius 1 is 1.07 bits per heavy atom. The molecular weight excluding hydrogens is 404 g/mol. The molecule has 0 fully saturated rings. The van der Waals surface area contributed by atoms with Crippen molar-refractivity contribution in [3.05, 3.63) is 58.6 Å². The standard InChI is InChI=1S/C23H29ClN2O4/c1-15(2)25-23(28)17(4)26(13-18-6-8-19(29-5)9-7-18)22(27)14-30-20-10-11-21(24)16(3)12-20/h6-12,15,17H,13-14H2,1-5H3,(H,25,28)/t17-/m0/s1. The van der Waals surface area contributed by atoms with Crippen molar-refractivity contribution in [3.63, 3.8) is 0 Å². The topological polar surface area (TPSA) is 67.9 Å². The van der Waals surface area contributed by atoms with Gasteiger partial charge in [0, 0.05) is 17.6 Å². The minimum absolute atomic E-state index is 0.0221. The zero-order chi connectivity index (χ0) is 22.3. The number of carbonyl (C=O) groups is 2. The number of hydrogen-bond donors (Lipinski definition) is 1. The summed E-state index contributed by atoms with van der Waals surface area (Å²) in [5.74, 6) is 0.775. The molecule has 7 heteroatoms. The van der Waals surface area contributed by atoms with Crippen LogP contribution in [0.15, 0.2) is 42.5 Å². The summed E-state index contributed by atoms with van der Waals surface area (Å²) >= 11 is 6.04. The molecule has 0 bridgehead atoms. The van der Waals surface area contributed by atoms with Gasteiger partial charge in [-0.05, 0) is 69.2 Å². The molecule has 0 aliphatic heterocycles. The number of amides is 2. The summed E-state index contributed by atoms with van der Waals surface area (Å²) in [5.41, 5.74) is 1.75. The Bertz CT molecular complexity index is 868. The molecule has 2 amide bonds. The molecule has 30 heavy (non-hydrogen) atoms. The molecule has 0 unspecified atom stereocenters. The van der Waals surface area contributed by atoms with Crippen LogP contribution in [0.3, 0.4) is 0 Å². The highest BCUT2D eigenvalue weighted by molar-refractivity contribution is 6.31. The van der Waals surface area contributed by atoms with Gasteiger partial charge in [-0.2, -0.15) is 0 Å². The van der Waals surface area contributed by atoms with E-state index in [1.54, 1.807) is 32.2 Å². The lowest BCUT2D eigenvalue weighted by Crippen LogP contribution is -2.50. The van der Waals surface area contributed by atoms with Crippen molar-refractivity contribution >= 4 is 23.4 Å². The lowest BCUT2D eigenvalue weighted by molar-refractivity contribution is -0.142. The number of halogens is 1. The fourth-order valence-electron chi connectivity index (χ4n) is 2.85. The highest BCUT2D eigenvalue weighted by Gasteiger charge is 2.27. The van der Waals surface area contributed by atoms with Gasteiger partial charge in [0.2, 0.25) is 5.91 Å². The molecule has 0 saturated carbocycles. The average Bonchev–Trinajstić information content (AvgIpc) is 2.72. The maximum atomic E-state index is 13.0. The first-order valence-electron chi connectivity index (χ1n) is 9.83. The molecule has 2 aromatic rings. The second-order valence-corrected chi connectivity index (χ2v) is 7.82. The van der Waals surface area contributed by atoms with E-state index in [-0.39, 0.29) is 31.0 Å². The number of nitrogens with one attached hydrogen (secondary N) is 1. The fourth-order valence-corrected chi connectivity index (χ4v) is 2.97. The van der Waals surface area contributed by atoms with Crippen LogP contribution >= 0.6 is 11.6 Å². The van der Waals surface area contributed by atoms with Gasteiger partial charge >= 0.3 is 0 Å². The third-order valence-electron chi connectivity index (χ3n) is 4.60. The molecule has 0 radical (unpaired) electrons. The number of carbonyl (C=O) groups excluding carboxylic acids is 2. The van der Waals surface area contributed by atoms with E-state index < -0.39 is 6.04 Å². The van der Waals surface area contributed by atoms with Gasteiger partial charge in [0.15, 0.2) is 6.61 Å². The van der Waals surface area contributed by atoms with Crippen molar-refractivity contribution in [2.75, 3.05) is 13.7 Å². The first kappa shape index (κ1) is 23.5. The first-order chi connectivity index (χ1) is 14.2. The van der Waals surface area contributed by atoms with Gasteiger partial charge in [0.1, 0.15) is 17.5 Å². The summed E-state index contributed by atoms with van der Waals surface area (Å²) in [6, 6.07) is 11.9. The van der Waals surface area contributed by atoms with E-state index in [1.807, 2.05) is 45.0 Å². The molecule has 1 atom stereocenters. The number of ether oxygens (including phenoxy) is 2. The van der Waals surface area contributed by atoms with Gasteiger partial charge in [0.05, 0.1) is 7.11 Å². The van der Waals surface area contributed by atoms with Crippen LogP contribution in [0.25, 0.3) is 0 Å². The van der Waals surface area contributed by atoms with Crippen LogP contribution in [0.2, 0.25) is 5.02 Å². The number of nitrogens with zero attached hydrogens (tertiary/aromatic N) is 1. The van der Waals surface area contributed by atoms with Crippen LogP contribution in [0, 0.1) is 6.92 Å². The SMILES string of the molecule is COc1ccc(CN(C(=O)COc2ccc(Cl)c(C)c2)[C@@H](C)C(=O)NC(C)C)cc1. The van der Waals surface area contributed by atoms with E-state index in [9.17, 15) is 9.59 Å². The minimum Gasteiger partial charge on any atom is -0.497 e. The summed E-state index contributed by atoms with van der Waals surface area (Å²) in [6.07, 6.45) is 0. The van der Waals surface area contributed by atoms with E-state index in [0.717, 1.165) is 16.9 Å². The van der Waals surface area contributed by atoms with Crippen LogP contribution in [0.5, 0.6) is 11.5 Å². The third-order valence-corrected chi connectivity index (χ3v) is 5.03. The van der Waals surface area contributed by atoms with E-state index >= 15 is 0 Å². The Labute approximate surface area is 183 Å². The number of rotatable bonds is 9. The van der Waals surface area contributed by atoms with Crippen molar-refractivity contribution in [1.29, 1.82) is 0 Å². The quantitative estimate of drug-likeness (QED) is 0.650. The molecule has 6 nitrogen and oxygen atoms in total. The molecule has 0 heterocycles. The lowest BCUT2D eigenvalue weighted by atomic mass is 10.1. The predicted octanol–water partition coefficient (Wildman–Crippen LogP) is 3.98. The van der Waals surface area contributed by atoms with Crippen molar-refractivity contribution in [3.8, 4) is 11.5 Å². The molecule has 0 aliphatic carbocycles. The number of aryl methyl sites for hydroxylation is 1. The lowest BCUT2D eigenvalue weighted by Gasteiger charge is -2.29. The number of benzene rings is 2. The van der Waals surface area contributed by atoms with Crippen molar-refractivity contribution in [2.45, 2.75) is 46.3 Å².